The molecule has 6 rings (SSSR count). The van der Waals surface area contributed by atoms with Crippen molar-refractivity contribution in [2.75, 3.05) is 18.0 Å². The molecule has 1 fully saturated rings. The van der Waals surface area contributed by atoms with Crippen molar-refractivity contribution in [2.45, 2.75) is 25.6 Å². The molecule has 1 saturated heterocycles. The fourth-order valence-corrected chi connectivity index (χ4v) is 5.70. The number of rotatable bonds is 5. The van der Waals surface area contributed by atoms with Crippen LogP contribution < -0.4 is 10.2 Å². The molecular weight excluding hydrogens is 532 g/mol. The number of amides is 1. The molecular formula is C27H22F4N6OS. The van der Waals surface area contributed by atoms with Gasteiger partial charge in [0.05, 0.1) is 22.6 Å². The molecule has 1 amide bonds. The van der Waals surface area contributed by atoms with Crippen molar-refractivity contribution in [1.82, 2.24) is 25.1 Å². The Morgan fingerprint density at radius 2 is 2.00 bits per heavy atom. The number of carbonyl (C=O) groups is 1. The molecule has 2 aromatic carbocycles. The lowest BCUT2D eigenvalue weighted by atomic mass is 9.97. The average molecular weight is 555 g/mol. The van der Waals surface area contributed by atoms with Gasteiger partial charge in [-0.3, -0.25) is 4.79 Å². The number of alkyl halides is 3. The topological polar surface area (TPSA) is 75.9 Å². The number of nitrogens with one attached hydrogen (secondary N) is 1. The maximum atomic E-state index is 14.2. The summed E-state index contributed by atoms with van der Waals surface area (Å²) >= 11 is 1.68. The largest absolute Gasteiger partial charge is 0.419 e. The van der Waals surface area contributed by atoms with Gasteiger partial charge in [0, 0.05) is 36.6 Å². The number of thiophene rings is 1. The first kappa shape index (κ1) is 25.2. The number of benzene rings is 2. The average Bonchev–Trinajstić information content (AvgIpc) is 3.57. The summed E-state index contributed by atoms with van der Waals surface area (Å²) in [6, 6.07) is 10.9. The monoisotopic (exact) mass is 554 g/mol. The van der Waals surface area contributed by atoms with Crippen molar-refractivity contribution in [2.24, 2.45) is 5.92 Å². The first-order valence-electron chi connectivity index (χ1n) is 12.3. The summed E-state index contributed by atoms with van der Waals surface area (Å²) < 4.78 is 55.5. The van der Waals surface area contributed by atoms with Crippen molar-refractivity contribution in [1.29, 1.82) is 0 Å². The van der Waals surface area contributed by atoms with E-state index in [2.05, 4.69) is 38.6 Å². The second-order valence-corrected chi connectivity index (χ2v) is 10.4. The molecule has 4 heterocycles. The number of piperidine rings is 1. The van der Waals surface area contributed by atoms with E-state index in [9.17, 15) is 22.4 Å². The molecule has 1 unspecified atom stereocenters. The molecule has 0 saturated carbocycles. The normalized spacial score (nSPS) is 16.2. The van der Waals surface area contributed by atoms with E-state index in [4.69, 9.17) is 0 Å². The standard InChI is InChI=1S/C27H22F4N6OS/c28-22-11-19(4-5-21(22)27(29,30)31)37-14-20-24(35-37)33-15-34-25(20)36-8-1-2-18(13-36)26(38)32-12-16-3-6-23-17(10-16)7-9-39-23/h3-7,9-11,14-15,18H,1-2,8,12-13H2,(H,32,38). The SMILES string of the molecule is O=C(NCc1ccc2sccc2c1)C1CCCN(c2ncnc3nn(-c4ccc(C(F)(F)F)c(F)c4)cc23)C1. The zero-order chi connectivity index (χ0) is 27.1. The first-order valence-corrected chi connectivity index (χ1v) is 13.2. The third kappa shape index (κ3) is 5.03. The second-order valence-electron chi connectivity index (χ2n) is 9.47. The molecule has 12 heteroatoms. The number of fused-ring (bicyclic) bond motifs is 2. The minimum absolute atomic E-state index is 0.0358. The summed E-state index contributed by atoms with van der Waals surface area (Å²) in [4.78, 5) is 23.6. The van der Waals surface area contributed by atoms with E-state index in [1.54, 1.807) is 17.5 Å². The minimum atomic E-state index is -4.79. The fourth-order valence-electron chi connectivity index (χ4n) is 4.93. The van der Waals surface area contributed by atoms with Crippen molar-refractivity contribution in [3.63, 3.8) is 0 Å². The van der Waals surface area contributed by atoms with E-state index >= 15 is 0 Å². The maximum Gasteiger partial charge on any atom is 0.419 e. The molecule has 39 heavy (non-hydrogen) atoms. The van der Waals surface area contributed by atoms with Crippen LogP contribution >= 0.6 is 11.3 Å². The number of aromatic nitrogens is 4. The van der Waals surface area contributed by atoms with Crippen LogP contribution in [-0.2, 0) is 17.5 Å². The van der Waals surface area contributed by atoms with Crippen LogP contribution in [0.3, 0.4) is 0 Å². The van der Waals surface area contributed by atoms with Gasteiger partial charge in [0.2, 0.25) is 5.91 Å². The van der Waals surface area contributed by atoms with E-state index in [-0.39, 0.29) is 17.5 Å². The maximum absolute atomic E-state index is 14.2. The summed E-state index contributed by atoms with van der Waals surface area (Å²) in [5.41, 5.74) is 0.135. The van der Waals surface area contributed by atoms with E-state index < -0.39 is 17.6 Å². The zero-order valence-electron chi connectivity index (χ0n) is 20.5. The number of nitrogens with zero attached hydrogens (tertiary/aromatic N) is 5. The molecule has 3 aromatic heterocycles. The lowest BCUT2D eigenvalue weighted by Gasteiger charge is -2.33. The molecule has 1 aliphatic heterocycles. The van der Waals surface area contributed by atoms with Crippen LogP contribution in [0.5, 0.6) is 0 Å². The van der Waals surface area contributed by atoms with Crippen LogP contribution in [0.15, 0.2) is 60.4 Å². The second kappa shape index (κ2) is 9.92. The van der Waals surface area contributed by atoms with Gasteiger partial charge in [-0.15, -0.1) is 16.4 Å². The Morgan fingerprint density at radius 1 is 1.13 bits per heavy atom. The van der Waals surface area contributed by atoms with Crippen LogP contribution in [0, 0.1) is 11.7 Å². The highest BCUT2D eigenvalue weighted by Gasteiger charge is 2.34. The molecule has 1 N–H and O–H groups in total. The molecule has 200 valence electrons. The smallest absolute Gasteiger partial charge is 0.355 e. The van der Waals surface area contributed by atoms with Crippen molar-refractivity contribution in [3.05, 3.63) is 77.3 Å². The van der Waals surface area contributed by atoms with E-state index in [1.165, 1.54) is 15.7 Å². The third-order valence-electron chi connectivity index (χ3n) is 6.89. The quantitative estimate of drug-likeness (QED) is 0.281. The highest BCUT2D eigenvalue weighted by atomic mass is 32.1. The van der Waals surface area contributed by atoms with Gasteiger partial charge in [-0.05, 0) is 59.5 Å². The van der Waals surface area contributed by atoms with Crippen LogP contribution in [0.25, 0.3) is 26.8 Å². The lowest BCUT2D eigenvalue weighted by Crippen LogP contribution is -2.43. The third-order valence-corrected chi connectivity index (χ3v) is 7.79. The van der Waals surface area contributed by atoms with Gasteiger partial charge in [0.1, 0.15) is 18.0 Å². The molecule has 1 atom stereocenters. The van der Waals surface area contributed by atoms with E-state index in [1.807, 2.05) is 16.3 Å². The highest BCUT2D eigenvalue weighted by Crippen LogP contribution is 2.33. The Morgan fingerprint density at radius 3 is 2.82 bits per heavy atom. The zero-order valence-corrected chi connectivity index (χ0v) is 21.3. The summed E-state index contributed by atoms with van der Waals surface area (Å²) in [6.45, 7) is 1.56. The van der Waals surface area contributed by atoms with Gasteiger partial charge >= 0.3 is 6.18 Å². The number of hydrogen-bond acceptors (Lipinski definition) is 6. The summed E-state index contributed by atoms with van der Waals surface area (Å²) in [7, 11) is 0. The van der Waals surface area contributed by atoms with Crippen LogP contribution in [0.2, 0.25) is 0 Å². The summed E-state index contributed by atoms with van der Waals surface area (Å²) in [5, 5.41) is 11.1. The Hall–Kier alpha value is -4.06. The van der Waals surface area contributed by atoms with E-state index in [0.717, 1.165) is 35.9 Å². The number of hydrogen-bond donors (Lipinski definition) is 1. The number of carbonyl (C=O) groups excluding carboxylic acids is 1. The van der Waals surface area contributed by atoms with E-state index in [0.29, 0.717) is 42.6 Å². The molecule has 5 aromatic rings. The number of halogens is 4. The fraction of sp³-hybridized carbons (Fsp3) is 0.259. The Balaban J connectivity index is 1.19. The van der Waals surface area contributed by atoms with Gasteiger partial charge in [-0.1, -0.05) is 6.07 Å². The van der Waals surface area contributed by atoms with Crippen LogP contribution in [0.4, 0.5) is 23.4 Å². The van der Waals surface area contributed by atoms with Gasteiger partial charge in [0.15, 0.2) is 5.65 Å². The van der Waals surface area contributed by atoms with Crippen molar-refractivity contribution >= 4 is 44.2 Å². The Kier molecular flexibility index (Phi) is 6.42. The van der Waals surface area contributed by atoms with Crippen LogP contribution in [-0.4, -0.2) is 38.7 Å². The lowest BCUT2D eigenvalue weighted by molar-refractivity contribution is -0.140. The molecule has 0 aliphatic carbocycles. The number of anilines is 1. The van der Waals surface area contributed by atoms with Gasteiger partial charge in [-0.2, -0.15) is 13.2 Å². The Bertz CT molecular complexity index is 1680. The predicted molar refractivity (Wildman–Crippen MR) is 140 cm³/mol. The van der Waals surface area contributed by atoms with Crippen molar-refractivity contribution < 1.29 is 22.4 Å². The molecule has 7 nitrogen and oxygen atoms in total. The molecule has 0 spiro atoms. The van der Waals surface area contributed by atoms with Gasteiger partial charge in [-0.25, -0.2) is 19.0 Å². The highest BCUT2D eigenvalue weighted by molar-refractivity contribution is 7.17. The van der Waals surface area contributed by atoms with Crippen LogP contribution in [0.1, 0.15) is 24.0 Å². The summed E-state index contributed by atoms with van der Waals surface area (Å²) in [5.74, 6) is -1.09. The minimum Gasteiger partial charge on any atom is -0.355 e. The van der Waals surface area contributed by atoms with Gasteiger partial charge < -0.3 is 10.2 Å². The molecule has 1 aliphatic rings. The molecule has 0 radical (unpaired) electrons. The first-order chi connectivity index (χ1) is 18.8. The Labute approximate surface area is 224 Å². The summed E-state index contributed by atoms with van der Waals surface area (Å²) in [6.07, 6.45) is -0.346. The predicted octanol–water partition coefficient (Wildman–Crippen LogP) is 5.72. The molecule has 0 bridgehead atoms. The van der Waals surface area contributed by atoms with Gasteiger partial charge in [0.25, 0.3) is 0 Å². The van der Waals surface area contributed by atoms with Crippen molar-refractivity contribution in [3.8, 4) is 5.69 Å².